The lowest BCUT2D eigenvalue weighted by Crippen LogP contribution is -2.57. The van der Waals surface area contributed by atoms with Crippen LogP contribution in [0.1, 0.15) is 19.3 Å². The Hall–Kier alpha value is -1.63. The van der Waals surface area contributed by atoms with E-state index in [1.807, 2.05) is 11.9 Å². The molecule has 0 unspecified atom stereocenters. The molecule has 11 heteroatoms. The van der Waals surface area contributed by atoms with Gasteiger partial charge in [-0.05, 0) is 38.1 Å². The maximum Gasteiger partial charge on any atom is 0.243 e. The predicted molar refractivity (Wildman–Crippen MR) is 117 cm³/mol. The van der Waals surface area contributed by atoms with Gasteiger partial charge in [0.25, 0.3) is 0 Å². The monoisotopic (exact) mass is 485 g/mol. The van der Waals surface area contributed by atoms with Gasteiger partial charge in [0.05, 0.1) is 48.9 Å². The first-order valence-corrected chi connectivity index (χ1v) is 12.8. The number of hydrogen-bond donors (Lipinski definition) is 1. The topological polar surface area (TPSA) is 99.6 Å². The van der Waals surface area contributed by atoms with E-state index in [9.17, 15) is 22.7 Å². The summed E-state index contributed by atoms with van der Waals surface area (Å²) in [4.78, 5) is 16.6. The highest BCUT2D eigenvalue weighted by molar-refractivity contribution is 7.89. The third kappa shape index (κ3) is 5.72. The number of aliphatic hydroxyl groups excluding tert-OH is 1. The fraction of sp³-hybridized carbons (Fsp3) is 0.682. The average Bonchev–Trinajstić information content (AvgIpc) is 2.77. The number of rotatable bonds is 4. The number of halogens is 1. The van der Waals surface area contributed by atoms with Crippen molar-refractivity contribution in [3.05, 3.63) is 30.1 Å². The number of ether oxygens (including phenoxy) is 2. The van der Waals surface area contributed by atoms with Crippen LogP contribution in [0.4, 0.5) is 4.39 Å². The Morgan fingerprint density at radius 2 is 1.94 bits per heavy atom. The highest BCUT2D eigenvalue weighted by Gasteiger charge is 2.43. The van der Waals surface area contributed by atoms with Crippen LogP contribution in [0.25, 0.3) is 0 Å². The molecule has 3 fully saturated rings. The Labute approximate surface area is 194 Å². The molecule has 9 nitrogen and oxygen atoms in total. The molecule has 3 aliphatic rings. The summed E-state index contributed by atoms with van der Waals surface area (Å²) >= 11 is 0. The zero-order chi connectivity index (χ0) is 23.6. The molecular weight excluding hydrogens is 453 g/mol. The van der Waals surface area contributed by atoms with E-state index in [0.717, 1.165) is 19.2 Å². The molecule has 0 saturated carbocycles. The summed E-state index contributed by atoms with van der Waals surface area (Å²) in [6, 6.07) is 4.27. The number of β-amino-alcohol motifs (C(OH)–C–C–N with tert-alkyl or cyclic N) is 1. The van der Waals surface area contributed by atoms with Gasteiger partial charge in [-0.2, -0.15) is 4.31 Å². The van der Waals surface area contributed by atoms with Gasteiger partial charge in [-0.25, -0.2) is 12.8 Å². The van der Waals surface area contributed by atoms with Gasteiger partial charge < -0.3 is 24.4 Å². The summed E-state index contributed by atoms with van der Waals surface area (Å²) in [6.07, 6.45) is -0.718. The van der Waals surface area contributed by atoms with E-state index in [2.05, 4.69) is 4.90 Å². The molecule has 1 amide bonds. The molecule has 3 aliphatic heterocycles. The lowest BCUT2D eigenvalue weighted by atomic mass is 9.96. The number of sulfonamides is 1. The van der Waals surface area contributed by atoms with Crippen LogP contribution in [0, 0.1) is 5.82 Å². The first-order valence-electron chi connectivity index (χ1n) is 11.4. The number of carbonyl (C=O) groups excluding carboxylic acids is 1. The minimum absolute atomic E-state index is 0.0351. The first-order chi connectivity index (χ1) is 15.7. The lowest BCUT2D eigenvalue weighted by molar-refractivity contribution is -0.152. The van der Waals surface area contributed by atoms with Crippen LogP contribution in [-0.2, 0) is 24.3 Å². The Morgan fingerprint density at radius 3 is 2.67 bits per heavy atom. The zero-order valence-corrected chi connectivity index (χ0v) is 19.6. The molecule has 0 radical (unpaired) electrons. The van der Waals surface area contributed by atoms with Crippen molar-refractivity contribution in [3.8, 4) is 0 Å². The van der Waals surface area contributed by atoms with Crippen molar-refractivity contribution in [1.82, 2.24) is 14.1 Å². The number of fused-ring (bicyclic) bond motifs is 1. The van der Waals surface area contributed by atoms with Crippen molar-refractivity contribution in [2.24, 2.45) is 0 Å². The highest BCUT2D eigenvalue weighted by atomic mass is 32.2. The van der Waals surface area contributed by atoms with E-state index < -0.39 is 34.1 Å². The maximum absolute atomic E-state index is 13.8. The van der Waals surface area contributed by atoms with Crippen LogP contribution in [0.2, 0.25) is 0 Å². The second-order valence-electron chi connectivity index (χ2n) is 9.05. The van der Waals surface area contributed by atoms with Gasteiger partial charge >= 0.3 is 0 Å². The van der Waals surface area contributed by atoms with Crippen molar-refractivity contribution < 1.29 is 32.2 Å². The molecule has 0 aliphatic carbocycles. The van der Waals surface area contributed by atoms with E-state index in [0.29, 0.717) is 25.9 Å². The lowest BCUT2D eigenvalue weighted by Gasteiger charge is -2.44. The van der Waals surface area contributed by atoms with Crippen LogP contribution < -0.4 is 0 Å². The van der Waals surface area contributed by atoms with Gasteiger partial charge in [0.15, 0.2) is 0 Å². The molecule has 184 valence electrons. The fourth-order valence-corrected chi connectivity index (χ4v) is 6.46. The smallest absolute Gasteiger partial charge is 0.243 e. The summed E-state index contributed by atoms with van der Waals surface area (Å²) in [5, 5.41) is 10.3. The molecule has 3 heterocycles. The number of piperazine rings is 1. The molecule has 0 spiro atoms. The van der Waals surface area contributed by atoms with Crippen LogP contribution in [0.15, 0.2) is 29.2 Å². The average molecular weight is 486 g/mol. The highest BCUT2D eigenvalue weighted by Crippen LogP contribution is 2.32. The molecule has 4 atom stereocenters. The summed E-state index contributed by atoms with van der Waals surface area (Å²) in [5.74, 6) is -0.607. The van der Waals surface area contributed by atoms with Gasteiger partial charge in [0, 0.05) is 32.7 Å². The Bertz CT molecular complexity index is 940. The van der Waals surface area contributed by atoms with Crippen molar-refractivity contribution in [1.29, 1.82) is 0 Å². The molecule has 1 aromatic carbocycles. The standard InChI is InChI=1S/C22H32FN3O6S/c1-24-7-9-25(10-8-24)22(28)12-18-5-6-20-21(32-18)15-31-14-17(27)13-26(20)33(29,30)19-4-2-3-16(23)11-19/h2-4,11,17-18,20-21,27H,5-10,12-15H2,1H3/t17-,18+,20-,21+/m0/s1. The van der Waals surface area contributed by atoms with Gasteiger partial charge in [0.1, 0.15) is 5.82 Å². The summed E-state index contributed by atoms with van der Waals surface area (Å²) in [7, 11) is -2.04. The van der Waals surface area contributed by atoms with Crippen molar-refractivity contribution in [2.45, 2.75) is 48.5 Å². The second-order valence-corrected chi connectivity index (χ2v) is 10.9. The van der Waals surface area contributed by atoms with Crippen LogP contribution in [-0.4, -0.2) is 111 Å². The molecule has 4 rings (SSSR count). The van der Waals surface area contributed by atoms with Crippen molar-refractivity contribution >= 4 is 15.9 Å². The third-order valence-corrected chi connectivity index (χ3v) is 8.48. The Morgan fingerprint density at radius 1 is 1.18 bits per heavy atom. The molecule has 1 aromatic rings. The number of nitrogens with zero attached hydrogens (tertiary/aromatic N) is 3. The predicted octanol–water partition coefficient (Wildman–Crippen LogP) is 0.288. The molecule has 3 saturated heterocycles. The summed E-state index contributed by atoms with van der Waals surface area (Å²) in [6.45, 7) is 2.95. The number of likely N-dealkylation sites (N-methyl/N-ethyl adjacent to an activating group) is 1. The van der Waals surface area contributed by atoms with E-state index in [1.165, 1.54) is 22.5 Å². The van der Waals surface area contributed by atoms with Crippen molar-refractivity contribution in [3.63, 3.8) is 0 Å². The van der Waals surface area contributed by atoms with Gasteiger partial charge in [0.2, 0.25) is 15.9 Å². The molecular formula is C22H32FN3O6S. The molecule has 0 aromatic heterocycles. The van der Waals surface area contributed by atoms with Crippen LogP contribution in [0.3, 0.4) is 0 Å². The van der Waals surface area contributed by atoms with Gasteiger partial charge in [-0.3, -0.25) is 4.79 Å². The molecule has 1 N–H and O–H groups in total. The van der Waals surface area contributed by atoms with Gasteiger partial charge in [-0.15, -0.1) is 0 Å². The van der Waals surface area contributed by atoms with E-state index in [1.54, 1.807) is 0 Å². The first kappa shape index (κ1) is 24.5. The number of aliphatic hydroxyl groups is 1. The number of carbonyl (C=O) groups is 1. The second kappa shape index (κ2) is 10.3. The normalized spacial score (nSPS) is 30.3. The van der Waals surface area contributed by atoms with E-state index in [-0.39, 0.29) is 43.1 Å². The number of benzene rings is 1. The van der Waals surface area contributed by atoms with Crippen LogP contribution in [0.5, 0.6) is 0 Å². The summed E-state index contributed by atoms with van der Waals surface area (Å²) in [5.41, 5.74) is 0. The molecule has 33 heavy (non-hydrogen) atoms. The third-order valence-electron chi connectivity index (χ3n) is 6.59. The van der Waals surface area contributed by atoms with Gasteiger partial charge in [-0.1, -0.05) is 6.07 Å². The zero-order valence-electron chi connectivity index (χ0n) is 18.8. The quantitative estimate of drug-likeness (QED) is 0.654. The van der Waals surface area contributed by atoms with Crippen molar-refractivity contribution in [2.75, 3.05) is 53.0 Å². The fourth-order valence-electron chi connectivity index (χ4n) is 4.71. The van der Waals surface area contributed by atoms with E-state index >= 15 is 0 Å². The minimum Gasteiger partial charge on any atom is -0.389 e. The SMILES string of the molecule is CN1CCN(C(=O)C[C@H]2CC[C@H]3[C@@H](COC[C@@H](O)CN3S(=O)(=O)c3cccc(F)c3)O2)CC1. The Kier molecular flexibility index (Phi) is 7.66. The largest absolute Gasteiger partial charge is 0.389 e. The van der Waals surface area contributed by atoms with Crippen LogP contribution >= 0.6 is 0 Å². The number of hydrogen-bond acceptors (Lipinski definition) is 7. The van der Waals surface area contributed by atoms with E-state index in [4.69, 9.17) is 9.47 Å². The molecule has 0 bridgehead atoms. The Balaban J connectivity index is 1.48. The number of amides is 1. The minimum atomic E-state index is -4.07. The summed E-state index contributed by atoms with van der Waals surface area (Å²) < 4.78 is 53.5. The maximum atomic E-state index is 13.8.